The van der Waals surface area contributed by atoms with Gasteiger partial charge in [-0.05, 0) is 40.8 Å². The van der Waals surface area contributed by atoms with Gasteiger partial charge in [0.05, 0.1) is 5.92 Å². The van der Waals surface area contributed by atoms with E-state index in [1.54, 1.807) is 12.4 Å². The number of nitrogens with zero attached hydrogens (tertiary/aromatic N) is 4. The molecule has 148 valence electrons. The van der Waals surface area contributed by atoms with E-state index in [4.69, 9.17) is 0 Å². The molecule has 0 saturated carbocycles. The topological polar surface area (TPSA) is 49.3 Å². The predicted octanol–water partition coefficient (Wildman–Crippen LogP) is 3.28. The molecule has 2 aromatic heterocycles. The molecule has 1 saturated heterocycles. The normalized spacial score (nSPS) is 17.9. The molecule has 1 aliphatic rings. The van der Waals surface area contributed by atoms with Crippen LogP contribution in [-0.4, -0.2) is 52.4 Å². The molecule has 0 bridgehead atoms. The molecule has 1 fully saturated rings. The van der Waals surface area contributed by atoms with Crippen molar-refractivity contribution in [1.82, 2.24) is 19.8 Å². The fourth-order valence-electron chi connectivity index (χ4n) is 3.94. The maximum atomic E-state index is 13.0. The van der Waals surface area contributed by atoms with E-state index in [1.165, 1.54) is 11.1 Å². The number of benzene rings is 1. The molecule has 5 heteroatoms. The molecule has 1 aliphatic heterocycles. The van der Waals surface area contributed by atoms with Crippen molar-refractivity contribution in [2.75, 3.05) is 26.7 Å². The molecule has 0 N–H and O–H groups in total. The second-order valence-corrected chi connectivity index (χ2v) is 7.70. The van der Waals surface area contributed by atoms with Crippen LogP contribution in [0, 0.1) is 5.92 Å². The van der Waals surface area contributed by atoms with Gasteiger partial charge in [0.25, 0.3) is 0 Å². The lowest BCUT2D eigenvalue weighted by Gasteiger charge is -2.23. The zero-order valence-electron chi connectivity index (χ0n) is 16.7. The number of carbonyl (C=O) groups excluding carboxylic acids is 1. The lowest BCUT2D eigenvalue weighted by molar-refractivity contribution is -0.133. The first-order chi connectivity index (χ1) is 14.2. The van der Waals surface area contributed by atoms with Crippen LogP contribution in [0.25, 0.3) is 11.1 Å². The highest BCUT2D eigenvalue weighted by molar-refractivity contribution is 5.79. The number of hydrogen-bond donors (Lipinski definition) is 0. The first-order valence-corrected chi connectivity index (χ1v) is 10.0. The maximum absolute atomic E-state index is 13.0. The third-order valence-electron chi connectivity index (χ3n) is 5.49. The molecule has 0 spiro atoms. The smallest absolute Gasteiger partial charge is 0.227 e. The van der Waals surface area contributed by atoms with E-state index in [9.17, 15) is 4.79 Å². The Hall–Kier alpha value is -3.05. The van der Waals surface area contributed by atoms with Gasteiger partial charge in [-0.2, -0.15) is 0 Å². The lowest BCUT2D eigenvalue weighted by atomic mass is 9.95. The molecule has 3 heterocycles. The van der Waals surface area contributed by atoms with Gasteiger partial charge in [0.2, 0.25) is 5.91 Å². The van der Waals surface area contributed by atoms with Crippen LogP contribution < -0.4 is 0 Å². The van der Waals surface area contributed by atoms with E-state index in [0.717, 1.165) is 43.7 Å². The number of pyridine rings is 2. The molecule has 0 radical (unpaired) electrons. The second-order valence-electron chi connectivity index (χ2n) is 7.70. The van der Waals surface area contributed by atoms with E-state index in [0.29, 0.717) is 0 Å². The molecule has 1 amide bonds. The summed E-state index contributed by atoms with van der Waals surface area (Å²) >= 11 is 0. The second kappa shape index (κ2) is 8.97. The van der Waals surface area contributed by atoms with Crippen molar-refractivity contribution >= 4 is 5.91 Å². The molecule has 29 heavy (non-hydrogen) atoms. The Kier molecular flexibility index (Phi) is 5.96. The van der Waals surface area contributed by atoms with Crippen molar-refractivity contribution < 1.29 is 4.79 Å². The van der Waals surface area contributed by atoms with Gasteiger partial charge in [0.15, 0.2) is 0 Å². The summed E-state index contributed by atoms with van der Waals surface area (Å²) in [4.78, 5) is 25.7. The number of carbonyl (C=O) groups is 1. The maximum Gasteiger partial charge on any atom is 0.227 e. The molecule has 5 nitrogen and oxygen atoms in total. The minimum absolute atomic E-state index is 0.0525. The molecule has 4 rings (SSSR count). The van der Waals surface area contributed by atoms with Crippen LogP contribution in [-0.2, 0) is 17.8 Å². The van der Waals surface area contributed by atoms with Crippen LogP contribution in [0.4, 0.5) is 0 Å². The molecule has 0 unspecified atom stereocenters. The Bertz CT molecular complexity index is 945. The Labute approximate surface area is 172 Å². The molecule has 1 atom stereocenters. The van der Waals surface area contributed by atoms with Gasteiger partial charge in [-0.25, -0.2) is 0 Å². The average Bonchev–Trinajstić information content (AvgIpc) is 2.89. The molecule has 1 aromatic carbocycles. The van der Waals surface area contributed by atoms with Crippen LogP contribution in [0.2, 0.25) is 0 Å². The Morgan fingerprint density at radius 1 is 0.931 bits per heavy atom. The van der Waals surface area contributed by atoms with Gasteiger partial charge < -0.3 is 4.90 Å². The van der Waals surface area contributed by atoms with Gasteiger partial charge in [0, 0.05) is 58.0 Å². The average molecular weight is 386 g/mol. The van der Waals surface area contributed by atoms with Crippen molar-refractivity contribution in [3.63, 3.8) is 0 Å². The van der Waals surface area contributed by atoms with Crippen LogP contribution in [0.5, 0.6) is 0 Å². The summed E-state index contributed by atoms with van der Waals surface area (Å²) in [6, 6.07) is 16.5. The Balaban J connectivity index is 1.52. The number of amides is 1. The van der Waals surface area contributed by atoms with E-state index < -0.39 is 0 Å². The monoisotopic (exact) mass is 386 g/mol. The Morgan fingerprint density at radius 2 is 1.69 bits per heavy atom. The minimum Gasteiger partial charge on any atom is -0.344 e. The van der Waals surface area contributed by atoms with E-state index >= 15 is 0 Å². The zero-order valence-corrected chi connectivity index (χ0v) is 16.7. The number of rotatable bonds is 5. The summed E-state index contributed by atoms with van der Waals surface area (Å²) in [6.45, 7) is 3.21. The number of hydrogen-bond acceptors (Lipinski definition) is 4. The van der Waals surface area contributed by atoms with Crippen LogP contribution in [0.1, 0.15) is 11.1 Å². The summed E-state index contributed by atoms with van der Waals surface area (Å²) in [5.74, 6) is 0.175. The van der Waals surface area contributed by atoms with Gasteiger partial charge >= 0.3 is 0 Å². The summed E-state index contributed by atoms with van der Waals surface area (Å²) < 4.78 is 0. The molecule has 3 aromatic rings. The van der Waals surface area contributed by atoms with Crippen molar-refractivity contribution in [2.24, 2.45) is 5.92 Å². The highest BCUT2D eigenvalue weighted by Gasteiger charge is 2.28. The largest absolute Gasteiger partial charge is 0.344 e. The van der Waals surface area contributed by atoms with Gasteiger partial charge in [-0.3, -0.25) is 19.7 Å². The third kappa shape index (κ3) is 4.87. The van der Waals surface area contributed by atoms with Crippen LogP contribution in [0.3, 0.4) is 0 Å². The number of likely N-dealkylation sites (N-methyl/N-ethyl adjacent to an activating group) is 1. The summed E-state index contributed by atoms with van der Waals surface area (Å²) in [6.07, 6.45) is 8.09. The zero-order chi connectivity index (χ0) is 20.1. The quantitative estimate of drug-likeness (QED) is 0.675. The van der Waals surface area contributed by atoms with E-state index in [2.05, 4.69) is 51.3 Å². The highest BCUT2D eigenvalue weighted by Crippen LogP contribution is 2.23. The highest BCUT2D eigenvalue weighted by atomic mass is 16.2. The van der Waals surface area contributed by atoms with Crippen molar-refractivity contribution in [2.45, 2.75) is 13.0 Å². The first kappa shape index (κ1) is 19.3. The van der Waals surface area contributed by atoms with Crippen molar-refractivity contribution in [3.8, 4) is 11.1 Å². The first-order valence-electron chi connectivity index (χ1n) is 10.0. The fourth-order valence-corrected chi connectivity index (χ4v) is 3.94. The molecule has 0 aliphatic carbocycles. The standard InChI is InChI=1S/C24H26N4O/c1-27-11-12-28(17-20-6-3-9-25-15-20)18-23(24(27)29)14-19-5-2-7-21(13-19)22-8-4-10-26-16-22/h2-10,13,15-16,23H,11-12,14,17-18H2,1H3/t23-/m1/s1. The van der Waals surface area contributed by atoms with Crippen LogP contribution >= 0.6 is 0 Å². The molecular formula is C24H26N4O. The van der Waals surface area contributed by atoms with E-state index in [1.807, 2.05) is 36.5 Å². The van der Waals surface area contributed by atoms with Crippen LogP contribution in [0.15, 0.2) is 73.3 Å². The summed E-state index contributed by atoms with van der Waals surface area (Å²) in [5, 5.41) is 0. The van der Waals surface area contributed by atoms with E-state index in [-0.39, 0.29) is 11.8 Å². The minimum atomic E-state index is -0.0525. The van der Waals surface area contributed by atoms with Gasteiger partial charge in [-0.1, -0.05) is 36.4 Å². The van der Waals surface area contributed by atoms with Crippen molar-refractivity contribution in [3.05, 3.63) is 84.4 Å². The lowest BCUT2D eigenvalue weighted by Crippen LogP contribution is -2.34. The van der Waals surface area contributed by atoms with Gasteiger partial charge in [0.1, 0.15) is 0 Å². The summed E-state index contributed by atoms with van der Waals surface area (Å²) in [5.41, 5.74) is 4.59. The van der Waals surface area contributed by atoms with Crippen molar-refractivity contribution in [1.29, 1.82) is 0 Å². The molecular weight excluding hydrogens is 360 g/mol. The SMILES string of the molecule is CN1CCN(Cc2cccnc2)C[C@@H](Cc2cccc(-c3cccnc3)c2)C1=O. The predicted molar refractivity (Wildman–Crippen MR) is 114 cm³/mol. The van der Waals surface area contributed by atoms with Gasteiger partial charge in [-0.15, -0.1) is 0 Å². The number of aromatic nitrogens is 2. The fraction of sp³-hybridized carbons (Fsp3) is 0.292. The Morgan fingerprint density at radius 3 is 2.45 bits per heavy atom. The summed E-state index contributed by atoms with van der Waals surface area (Å²) in [7, 11) is 1.91. The third-order valence-corrected chi connectivity index (χ3v) is 5.49.